The predicted octanol–water partition coefficient (Wildman–Crippen LogP) is 2.64. The molecule has 1 aliphatic heterocycles. The van der Waals surface area contributed by atoms with E-state index in [-0.39, 0.29) is 12.5 Å². The van der Waals surface area contributed by atoms with Gasteiger partial charge in [-0.3, -0.25) is 4.79 Å². The SMILES string of the molecule is CCNC(=O)CNC(=O)Nc1ccc(N2CCc3ccccc32)cc1. The molecule has 2 aromatic rings. The Hall–Kier alpha value is -3.02. The third-order valence-corrected chi connectivity index (χ3v) is 4.11. The van der Waals surface area contributed by atoms with E-state index in [0.717, 1.165) is 18.7 Å². The van der Waals surface area contributed by atoms with Crippen molar-refractivity contribution in [1.29, 1.82) is 0 Å². The summed E-state index contributed by atoms with van der Waals surface area (Å²) in [4.78, 5) is 25.4. The quantitative estimate of drug-likeness (QED) is 0.785. The molecule has 0 atom stereocenters. The third kappa shape index (κ3) is 4.09. The molecule has 0 spiro atoms. The molecule has 2 aromatic carbocycles. The average molecular weight is 338 g/mol. The molecule has 3 amide bonds. The number of nitrogens with zero attached hydrogens (tertiary/aromatic N) is 1. The van der Waals surface area contributed by atoms with Crippen LogP contribution in [0.1, 0.15) is 12.5 Å². The minimum atomic E-state index is -0.398. The summed E-state index contributed by atoms with van der Waals surface area (Å²) < 4.78 is 0. The molecule has 1 heterocycles. The number of anilines is 3. The number of rotatable bonds is 5. The molecule has 3 rings (SSSR count). The third-order valence-electron chi connectivity index (χ3n) is 4.11. The number of carbonyl (C=O) groups is 2. The second kappa shape index (κ2) is 7.70. The first-order valence-electron chi connectivity index (χ1n) is 8.44. The Morgan fingerprint density at radius 3 is 2.56 bits per heavy atom. The first kappa shape index (κ1) is 16.8. The summed E-state index contributed by atoms with van der Waals surface area (Å²) in [5.41, 5.74) is 4.38. The smallest absolute Gasteiger partial charge is 0.319 e. The van der Waals surface area contributed by atoms with E-state index in [1.54, 1.807) is 0 Å². The number of para-hydroxylation sites is 1. The molecular weight excluding hydrogens is 316 g/mol. The van der Waals surface area contributed by atoms with Gasteiger partial charge in [-0.05, 0) is 49.2 Å². The molecule has 6 nitrogen and oxygen atoms in total. The molecule has 0 unspecified atom stereocenters. The van der Waals surface area contributed by atoms with Gasteiger partial charge in [0.05, 0.1) is 6.54 Å². The number of hydrogen-bond acceptors (Lipinski definition) is 3. The molecule has 1 aliphatic rings. The second-order valence-corrected chi connectivity index (χ2v) is 5.84. The standard InChI is InChI=1S/C19H22N4O2/c1-2-20-18(24)13-21-19(25)22-15-7-9-16(10-8-15)23-12-11-14-5-3-4-6-17(14)23/h3-10H,2,11-13H2,1H3,(H,20,24)(H2,21,22,25). The fourth-order valence-electron chi connectivity index (χ4n) is 2.93. The molecule has 0 aromatic heterocycles. The van der Waals surface area contributed by atoms with E-state index < -0.39 is 6.03 Å². The number of hydrogen-bond donors (Lipinski definition) is 3. The Kier molecular flexibility index (Phi) is 5.18. The minimum absolute atomic E-state index is 0.0394. The molecule has 0 fully saturated rings. The molecule has 0 aliphatic carbocycles. The van der Waals surface area contributed by atoms with Gasteiger partial charge in [0, 0.05) is 30.2 Å². The van der Waals surface area contributed by atoms with Crippen LogP contribution in [0.4, 0.5) is 21.9 Å². The van der Waals surface area contributed by atoms with Crippen LogP contribution in [0.5, 0.6) is 0 Å². The Balaban J connectivity index is 1.58. The van der Waals surface area contributed by atoms with Crippen LogP contribution in [0, 0.1) is 0 Å². The lowest BCUT2D eigenvalue weighted by molar-refractivity contribution is -0.119. The summed E-state index contributed by atoms with van der Waals surface area (Å²) in [7, 11) is 0. The van der Waals surface area contributed by atoms with Crippen molar-refractivity contribution >= 4 is 29.0 Å². The maximum atomic E-state index is 11.8. The van der Waals surface area contributed by atoms with Crippen molar-refractivity contribution < 1.29 is 9.59 Å². The van der Waals surface area contributed by atoms with Gasteiger partial charge in [0.15, 0.2) is 0 Å². The Morgan fingerprint density at radius 2 is 1.80 bits per heavy atom. The normalized spacial score (nSPS) is 12.4. The zero-order valence-electron chi connectivity index (χ0n) is 14.2. The van der Waals surface area contributed by atoms with Gasteiger partial charge in [-0.1, -0.05) is 18.2 Å². The van der Waals surface area contributed by atoms with Crippen LogP contribution in [-0.4, -0.2) is 31.6 Å². The van der Waals surface area contributed by atoms with Crippen molar-refractivity contribution in [2.75, 3.05) is 29.9 Å². The molecular formula is C19H22N4O2. The maximum absolute atomic E-state index is 11.8. The van der Waals surface area contributed by atoms with Crippen molar-refractivity contribution in [3.63, 3.8) is 0 Å². The average Bonchev–Trinajstić information content (AvgIpc) is 3.05. The summed E-state index contributed by atoms with van der Waals surface area (Å²) >= 11 is 0. The predicted molar refractivity (Wildman–Crippen MR) is 99.3 cm³/mol. The highest BCUT2D eigenvalue weighted by molar-refractivity contribution is 5.92. The van der Waals surface area contributed by atoms with E-state index in [1.165, 1.54) is 11.3 Å². The van der Waals surface area contributed by atoms with Gasteiger partial charge in [-0.2, -0.15) is 0 Å². The molecule has 6 heteroatoms. The van der Waals surface area contributed by atoms with E-state index in [4.69, 9.17) is 0 Å². The zero-order valence-corrected chi connectivity index (χ0v) is 14.2. The number of likely N-dealkylation sites (N-methyl/N-ethyl adjacent to an activating group) is 1. The number of urea groups is 1. The molecule has 0 saturated carbocycles. The number of fused-ring (bicyclic) bond motifs is 1. The van der Waals surface area contributed by atoms with E-state index in [9.17, 15) is 9.59 Å². The topological polar surface area (TPSA) is 73.5 Å². The monoisotopic (exact) mass is 338 g/mol. The highest BCUT2D eigenvalue weighted by Gasteiger charge is 2.19. The van der Waals surface area contributed by atoms with E-state index in [2.05, 4.69) is 39.0 Å². The van der Waals surface area contributed by atoms with Crippen molar-refractivity contribution in [1.82, 2.24) is 10.6 Å². The van der Waals surface area contributed by atoms with Crippen LogP contribution in [0.3, 0.4) is 0 Å². The molecule has 130 valence electrons. The van der Waals surface area contributed by atoms with Crippen LogP contribution in [0.15, 0.2) is 48.5 Å². The lowest BCUT2D eigenvalue weighted by Crippen LogP contribution is -2.38. The van der Waals surface area contributed by atoms with Gasteiger partial charge in [-0.15, -0.1) is 0 Å². The van der Waals surface area contributed by atoms with Gasteiger partial charge >= 0.3 is 6.03 Å². The first-order chi connectivity index (χ1) is 12.2. The van der Waals surface area contributed by atoms with Crippen molar-refractivity contribution in [3.05, 3.63) is 54.1 Å². The van der Waals surface area contributed by atoms with Crippen molar-refractivity contribution in [2.24, 2.45) is 0 Å². The Labute approximate surface area is 147 Å². The fourth-order valence-corrected chi connectivity index (χ4v) is 2.93. The summed E-state index contributed by atoms with van der Waals surface area (Å²) in [6.45, 7) is 3.29. The second-order valence-electron chi connectivity index (χ2n) is 5.84. The number of amides is 3. The number of benzene rings is 2. The fraction of sp³-hybridized carbons (Fsp3) is 0.263. The van der Waals surface area contributed by atoms with E-state index in [1.807, 2.05) is 37.3 Å². The van der Waals surface area contributed by atoms with Crippen LogP contribution >= 0.6 is 0 Å². The number of carbonyl (C=O) groups excluding carboxylic acids is 2. The molecule has 0 saturated heterocycles. The van der Waals surface area contributed by atoms with Crippen LogP contribution in [-0.2, 0) is 11.2 Å². The zero-order chi connectivity index (χ0) is 17.6. The summed E-state index contributed by atoms with van der Waals surface area (Å²) in [6, 6.07) is 15.7. The Morgan fingerprint density at radius 1 is 1.04 bits per heavy atom. The van der Waals surface area contributed by atoms with Crippen molar-refractivity contribution in [3.8, 4) is 0 Å². The summed E-state index contributed by atoms with van der Waals surface area (Å²) in [6.07, 6.45) is 1.04. The van der Waals surface area contributed by atoms with Crippen LogP contribution in [0.2, 0.25) is 0 Å². The molecule has 3 N–H and O–H groups in total. The van der Waals surface area contributed by atoms with Gasteiger partial charge < -0.3 is 20.9 Å². The van der Waals surface area contributed by atoms with E-state index >= 15 is 0 Å². The summed E-state index contributed by atoms with van der Waals surface area (Å²) in [5, 5.41) is 7.88. The minimum Gasteiger partial charge on any atom is -0.355 e. The molecule has 0 bridgehead atoms. The van der Waals surface area contributed by atoms with Gasteiger partial charge in [-0.25, -0.2) is 4.79 Å². The van der Waals surface area contributed by atoms with E-state index in [0.29, 0.717) is 12.2 Å². The number of nitrogens with one attached hydrogen (secondary N) is 3. The first-order valence-corrected chi connectivity index (χ1v) is 8.44. The Bertz CT molecular complexity index is 758. The van der Waals surface area contributed by atoms with Crippen LogP contribution in [0.25, 0.3) is 0 Å². The molecule has 0 radical (unpaired) electrons. The highest BCUT2D eigenvalue weighted by atomic mass is 16.2. The van der Waals surface area contributed by atoms with Gasteiger partial charge in [0.1, 0.15) is 0 Å². The lowest BCUT2D eigenvalue weighted by Gasteiger charge is -2.20. The highest BCUT2D eigenvalue weighted by Crippen LogP contribution is 2.34. The summed E-state index contributed by atoms with van der Waals surface area (Å²) in [5.74, 6) is -0.208. The van der Waals surface area contributed by atoms with Gasteiger partial charge in [0.25, 0.3) is 0 Å². The maximum Gasteiger partial charge on any atom is 0.319 e. The van der Waals surface area contributed by atoms with Crippen molar-refractivity contribution in [2.45, 2.75) is 13.3 Å². The largest absolute Gasteiger partial charge is 0.355 e. The molecule has 25 heavy (non-hydrogen) atoms. The van der Waals surface area contributed by atoms with Gasteiger partial charge in [0.2, 0.25) is 5.91 Å². The lowest BCUT2D eigenvalue weighted by atomic mass is 10.2. The van der Waals surface area contributed by atoms with Crippen LogP contribution < -0.4 is 20.9 Å².